The molecule has 0 saturated heterocycles. The van der Waals surface area contributed by atoms with Crippen LogP contribution in [0.5, 0.6) is 5.75 Å². The highest BCUT2D eigenvalue weighted by atomic mass is 19.3. The van der Waals surface area contributed by atoms with Crippen molar-refractivity contribution in [3.8, 4) is 5.75 Å². The van der Waals surface area contributed by atoms with Crippen molar-refractivity contribution < 1.29 is 32.4 Å². The van der Waals surface area contributed by atoms with E-state index in [1.807, 2.05) is 0 Å². The summed E-state index contributed by atoms with van der Waals surface area (Å²) in [6.07, 6.45) is -4.52. The molecule has 0 atom stereocenters. The Morgan fingerprint density at radius 3 is 2.63 bits per heavy atom. The van der Waals surface area contributed by atoms with Crippen molar-refractivity contribution in [3.05, 3.63) is 34.1 Å². The van der Waals surface area contributed by atoms with Crippen LogP contribution in [0.2, 0.25) is 0 Å². The van der Waals surface area contributed by atoms with Crippen LogP contribution < -0.4 is 4.74 Å². The van der Waals surface area contributed by atoms with E-state index in [-0.39, 0.29) is 6.61 Å². The van der Waals surface area contributed by atoms with Crippen molar-refractivity contribution in [2.24, 2.45) is 0 Å². The zero-order chi connectivity index (χ0) is 14.6. The van der Waals surface area contributed by atoms with E-state index in [4.69, 9.17) is 0 Å². The first-order chi connectivity index (χ1) is 8.79. The fourth-order valence-corrected chi connectivity index (χ4v) is 1.13. The van der Waals surface area contributed by atoms with Crippen molar-refractivity contribution in [3.63, 3.8) is 0 Å². The molecule has 6 nitrogen and oxygen atoms in total. The Kier molecular flexibility index (Phi) is 4.30. The molecule has 0 amide bonds. The van der Waals surface area contributed by atoms with Gasteiger partial charge in [0.1, 0.15) is 0 Å². The minimum Gasteiger partial charge on any atom is -0.459 e. The molecule has 0 N–H and O–H groups in total. The van der Waals surface area contributed by atoms with Crippen LogP contribution in [-0.4, -0.2) is 23.6 Å². The largest absolute Gasteiger partial charge is 0.502 e. The number of para-hydroxylation sites is 1. The normalized spacial score (nSPS) is 10.9. The molecule has 1 aromatic rings. The average Bonchev–Trinajstić information content (AvgIpc) is 2.31. The molecule has 0 spiro atoms. The summed E-state index contributed by atoms with van der Waals surface area (Å²) in [5.41, 5.74) is -1.02. The first-order valence-corrected chi connectivity index (χ1v) is 4.96. The highest BCUT2D eigenvalue weighted by molar-refractivity contribution is 5.76. The van der Waals surface area contributed by atoms with E-state index in [1.54, 1.807) is 0 Å². The van der Waals surface area contributed by atoms with Gasteiger partial charge < -0.3 is 9.47 Å². The molecule has 0 aliphatic heterocycles. The first-order valence-electron chi connectivity index (χ1n) is 4.96. The molecular weight excluding hydrogens is 271 g/mol. The summed E-state index contributed by atoms with van der Waals surface area (Å²) in [4.78, 5) is 20.3. The van der Waals surface area contributed by atoms with Gasteiger partial charge in [0.25, 0.3) is 0 Å². The first kappa shape index (κ1) is 14.7. The Balaban J connectivity index is 3.11. The molecule has 0 aliphatic carbocycles. The summed E-state index contributed by atoms with van der Waals surface area (Å²) in [6, 6.07) is 2.39. The van der Waals surface area contributed by atoms with Crippen molar-refractivity contribution in [1.82, 2.24) is 0 Å². The van der Waals surface area contributed by atoms with E-state index in [2.05, 4.69) is 9.47 Å². The molecule has 0 aliphatic rings. The van der Waals surface area contributed by atoms with Crippen LogP contribution in [-0.2, 0) is 9.53 Å². The number of hydrogen-bond donors (Lipinski definition) is 0. The summed E-state index contributed by atoms with van der Waals surface area (Å²) in [6.45, 7) is 0.927. The van der Waals surface area contributed by atoms with E-state index in [1.165, 1.54) is 6.92 Å². The lowest BCUT2D eigenvalue weighted by molar-refractivity contribution is -0.387. The second kappa shape index (κ2) is 5.55. The molecule has 0 radical (unpaired) electrons. The Morgan fingerprint density at radius 2 is 2.11 bits per heavy atom. The number of nitrogens with zero attached hydrogens (tertiary/aromatic N) is 1. The molecule has 0 fully saturated rings. The van der Waals surface area contributed by atoms with Gasteiger partial charge in [-0.15, -0.1) is 0 Å². The number of esters is 1. The van der Waals surface area contributed by atoms with Crippen molar-refractivity contribution in [1.29, 1.82) is 0 Å². The number of carbonyl (C=O) groups is 1. The summed E-state index contributed by atoms with van der Waals surface area (Å²) < 4.78 is 47.6. The van der Waals surface area contributed by atoms with Crippen molar-refractivity contribution >= 4 is 11.7 Å². The SMILES string of the molecule is CCOC(=O)C(F)(F)Oc1c(F)cccc1[N+](=O)[O-]. The Bertz CT molecular complexity index is 506. The Morgan fingerprint density at radius 1 is 1.47 bits per heavy atom. The van der Waals surface area contributed by atoms with Crippen molar-refractivity contribution in [2.45, 2.75) is 13.0 Å². The number of hydrogen-bond acceptors (Lipinski definition) is 5. The highest BCUT2D eigenvalue weighted by Gasteiger charge is 2.46. The van der Waals surface area contributed by atoms with Gasteiger partial charge >= 0.3 is 17.8 Å². The van der Waals surface area contributed by atoms with E-state index < -0.39 is 34.3 Å². The number of nitro benzene ring substituents is 1. The number of carbonyl (C=O) groups excluding carboxylic acids is 1. The fraction of sp³-hybridized carbons (Fsp3) is 0.300. The molecule has 0 heterocycles. The maximum absolute atomic E-state index is 13.3. The standard InChI is InChI=1S/C10H8F3NO5/c1-2-18-9(15)10(12,13)19-8-6(11)4-3-5-7(8)14(16)17/h3-5H,2H2,1H3. The molecule has 0 bridgehead atoms. The molecule has 1 rings (SSSR count). The zero-order valence-corrected chi connectivity index (χ0v) is 9.56. The van der Waals surface area contributed by atoms with Crippen LogP contribution in [0.4, 0.5) is 18.9 Å². The highest BCUT2D eigenvalue weighted by Crippen LogP contribution is 2.34. The molecule has 0 aromatic heterocycles. The average molecular weight is 279 g/mol. The quantitative estimate of drug-likeness (QED) is 0.469. The number of halogens is 3. The van der Waals surface area contributed by atoms with Crippen LogP contribution >= 0.6 is 0 Å². The minimum atomic E-state index is -4.52. The molecule has 0 unspecified atom stereocenters. The van der Waals surface area contributed by atoms with Gasteiger partial charge in [-0.05, 0) is 13.0 Å². The van der Waals surface area contributed by atoms with Gasteiger partial charge in [0.05, 0.1) is 11.5 Å². The van der Waals surface area contributed by atoms with Gasteiger partial charge in [-0.3, -0.25) is 10.1 Å². The summed E-state index contributed by atoms with van der Waals surface area (Å²) >= 11 is 0. The number of rotatable bonds is 5. The van der Waals surface area contributed by atoms with Crippen LogP contribution in [0.25, 0.3) is 0 Å². The number of alkyl halides is 2. The van der Waals surface area contributed by atoms with Gasteiger partial charge in [-0.2, -0.15) is 8.78 Å². The minimum absolute atomic E-state index is 0.350. The molecular formula is C10H8F3NO5. The smallest absolute Gasteiger partial charge is 0.459 e. The van der Waals surface area contributed by atoms with E-state index in [0.29, 0.717) is 6.07 Å². The second-order valence-electron chi connectivity index (χ2n) is 3.18. The van der Waals surface area contributed by atoms with E-state index >= 15 is 0 Å². The zero-order valence-electron chi connectivity index (χ0n) is 9.56. The predicted molar refractivity (Wildman–Crippen MR) is 55.3 cm³/mol. The molecule has 0 saturated carbocycles. The second-order valence-corrected chi connectivity index (χ2v) is 3.18. The topological polar surface area (TPSA) is 78.7 Å². The van der Waals surface area contributed by atoms with Gasteiger partial charge in [0, 0.05) is 6.07 Å². The van der Waals surface area contributed by atoms with Gasteiger partial charge in [0.2, 0.25) is 5.75 Å². The monoisotopic (exact) mass is 279 g/mol. The van der Waals surface area contributed by atoms with Gasteiger partial charge in [0.15, 0.2) is 5.82 Å². The number of nitro groups is 1. The molecule has 1 aromatic carbocycles. The lowest BCUT2D eigenvalue weighted by Gasteiger charge is -2.16. The van der Waals surface area contributed by atoms with Crippen LogP contribution in [0, 0.1) is 15.9 Å². The Labute approximate surface area is 104 Å². The van der Waals surface area contributed by atoms with Crippen LogP contribution in [0.1, 0.15) is 6.92 Å². The third-order valence-electron chi connectivity index (χ3n) is 1.89. The maximum Gasteiger partial charge on any atom is 0.502 e. The molecule has 104 valence electrons. The number of benzene rings is 1. The fourth-order valence-electron chi connectivity index (χ4n) is 1.13. The van der Waals surface area contributed by atoms with Gasteiger partial charge in [-0.25, -0.2) is 9.18 Å². The van der Waals surface area contributed by atoms with Crippen LogP contribution in [0.15, 0.2) is 18.2 Å². The Hall–Kier alpha value is -2.32. The van der Waals surface area contributed by atoms with E-state index in [0.717, 1.165) is 12.1 Å². The maximum atomic E-state index is 13.3. The van der Waals surface area contributed by atoms with Crippen LogP contribution in [0.3, 0.4) is 0 Å². The van der Waals surface area contributed by atoms with E-state index in [9.17, 15) is 28.1 Å². The lowest BCUT2D eigenvalue weighted by atomic mass is 10.3. The lowest BCUT2D eigenvalue weighted by Crippen LogP contribution is -2.37. The van der Waals surface area contributed by atoms with Gasteiger partial charge in [-0.1, -0.05) is 6.07 Å². The summed E-state index contributed by atoms with van der Waals surface area (Å²) in [5, 5.41) is 10.6. The molecule has 19 heavy (non-hydrogen) atoms. The van der Waals surface area contributed by atoms with Crippen molar-refractivity contribution in [2.75, 3.05) is 6.61 Å². The summed E-state index contributed by atoms with van der Waals surface area (Å²) in [5.74, 6) is -4.78. The molecule has 9 heteroatoms. The third-order valence-corrected chi connectivity index (χ3v) is 1.89. The number of ether oxygens (including phenoxy) is 2. The third kappa shape index (κ3) is 3.33. The predicted octanol–water partition coefficient (Wildman–Crippen LogP) is 2.27. The summed E-state index contributed by atoms with van der Waals surface area (Å²) in [7, 11) is 0.